The van der Waals surface area contributed by atoms with Gasteiger partial charge in [-0.3, -0.25) is 20.0 Å². The van der Waals surface area contributed by atoms with Crippen molar-refractivity contribution >= 4 is 35.0 Å². The van der Waals surface area contributed by atoms with Crippen molar-refractivity contribution in [2.24, 2.45) is 0 Å². The highest BCUT2D eigenvalue weighted by molar-refractivity contribution is 6.67. The summed E-state index contributed by atoms with van der Waals surface area (Å²) in [6, 6.07) is 0. The molecule has 0 aliphatic heterocycles. The average Bonchev–Trinajstić information content (AvgIpc) is 2.01. The van der Waals surface area contributed by atoms with Crippen LogP contribution in [0.2, 0.25) is 0 Å². The van der Waals surface area contributed by atoms with E-state index in [4.69, 9.17) is 33.6 Å². The van der Waals surface area contributed by atoms with Crippen LogP contribution in [0.15, 0.2) is 0 Å². The third-order valence-corrected chi connectivity index (χ3v) is 1.46. The van der Waals surface area contributed by atoms with Gasteiger partial charge in [-0.05, 0) is 0 Å². The largest absolute Gasteiger partial charge is 0.289 e. The normalized spacial score (nSPS) is 10.5. The summed E-state index contributed by atoms with van der Waals surface area (Å²) in [6.45, 7) is 0. The first-order valence-corrected chi connectivity index (χ1v) is 2.99. The van der Waals surface area contributed by atoms with Gasteiger partial charge in [0.1, 0.15) is 0 Å². The molecule has 0 unspecified atom stereocenters. The lowest BCUT2D eigenvalue weighted by atomic mass is 10.4. The first-order chi connectivity index (χ1) is 4.96. The highest BCUT2D eigenvalue weighted by Crippen LogP contribution is 2.20. The van der Waals surface area contributed by atoms with Gasteiger partial charge < -0.3 is 0 Å². The second kappa shape index (κ2) is 3.72. The van der Waals surface area contributed by atoms with Crippen molar-refractivity contribution in [3.05, 3.63) is 0 Å². The van der Waals surface area contributed by atoms with Crippen LogP contribution in [0, 0.1) is 0 Å². The van der Waals surface area contributed by atoms with Gasteiger partial charge in [0.05, 0.1) is 0 Å². The molecule has 0 spiro atoms. The maximum atomic E-state index is 10.4. The lowest BCUT2D eigenvalue weighted by Gasteiger charge is -2.12. The van der Waals surface area contributed by atoms with E-state index in [1.165, 1.54) is 0 Å². The number of nitrogens with one attached hydrogen (secondary N) is 2. The first kappa shape index (κ1) is 10.4. The van der Waals surface area contributed by atoms with Crippen molar-refractivity contribution in [1.82, 2.24) is 11.0 Å². The van der Waals surface area contributed by atoms with Gasteiger partial charge in [-0.25, -0.2) is 11.0 Å². The van der Waals surface area contributed by atoms with E-state index in [-0.39, 0.29) is 0 Å². The molecule has 0 radical (unpaired) electrons. The van der Waals surface area contributed by atoms with E-state index in [1.807, 2.05) is 0 Å². The predicted molar refractivity (Wildman–Crippen MR) is 34.3 cm³/mol. The Morgan fingerprint density at radius 3 is 1.55 bits per heavy atom. The van der Waals surface area contributed by atoms with Crippen LogP contribution >= 0.6 is 23.2 Å². The number of alkyl halides is 2. The van der Waals surface area contributed by atoms with E-state index in [2.05, 4.69) is 0 Å². The Morgan fingerprint density at radius 2 is 1.36 bits per heavy atom. The monoisotopic (exact) mass is 202 g/mol. The SMILES string of the molecule is O=C(NO)C(Cl)(Cl)C(=O)NO. The van der Waals surface area contributed by atoms with Gasteiger partial charge in [0.15, 0.2) is 0 Å². The summed E-state index contributed by atoms with van der Waals surface area (Å²) in [4.78, 5) is 20.9. The number of hydrogen-bond donors (Lipinski definition) is 4. The summed E-state index contributed by atoms with van der Waals surface area (Å²) in [5.74, 6) is -2.71. The van der Waals surface area contributed by atoms with Crippen molar-refractivity contribution < 1.29 is 20.0 Å². The lowest BCUT2D eigenvalue weighted by molar-refractivity contribution is -0.139. The van der Waals surface area contributed by atoms with E-state index in [0.29, 0.717) is 0 Å². The predicted octanol–water partition coefficient (Wildman–Crippen LogP) is -0.829. The molecule has 0 aromatic carbocycles. The fourth-order valence-corrected chi connectivity index (χ4v) is 0.413. The summed E-state index contributed by atoms with van der Waals surface area (Å²) < 4.78 is -2.54. The zero-order chi connectivity index (χ0) is 9.07. The number of carbonyl (C=O) groups excluding carboxylic acids is 2. The molecule has 0 aliphatic rings. The van der Waals surface area contributed by atoms with Crippen molar-refractivity contribution in [2.45, 2.75) is 4.33 Å². The Labute approximate surface area is 71.0 Å². The van der Waals surface area contributed by atoms with Gasteiger partial charge in [-0.2, -0.15) is 0 Å². The minimum Gasteiger partial charge on any atom is -0.289 e. The Hall–Kier alpha value is -0.560. The van der Waals surface area contributed by atoms with Crippen molar-refractivity contribution in [3.8, 4) is 0 Å². The minimum atomic E-state index is -2.54. The molecule has 0 aromatic rings. The molecule has 0 heterocycles. The van der Waals surface area contributed by atoms with Crippen LogP contribution in [0.1, 0.15) is 0 Å². The third-order valence-electron chi connectivity index (χ3n) is 0.773. The topological polar surface area (TPSA) is 98.7 Å². The summed E-state index contributed by atoms with van der Waals surface area (Å²) in [5, 5.41) is 16.0. The summed E-state index contributed by atoms with van der Waals surface area (Å²) in [6.07, 6.45) is 0. The molecule has 0 aliphatic carbocycles. The highest BCUT2D eigenvalue weighted by atomic mass is 35.5. The van der Waals surface area contributed by atoms with Gasteiger partial charge >= 0.3 is 0 Å². The maximum absolute atomic E-state index is 10.4. The number of rotatable bonds is 2. The van der Waals surface area contributed by atoms with E-state index < -0.39 is 16.1 Å². The highest BCUT2D eigenvalue weighted by Gasteiger charge is 2.42. The zero-order valence-corrected chi connectivity index (χ0v) is 6.48. The zero-order valence-electron chi connectivity index (χ0n) is 4.97. The minimum absolute atomic E-state index is 1.05. The summed E-state index contributed by atoms with van der Waals surface area (Å²) in [7, 11) is 0. The molecule has 0 saturated heterocycles. The van der Waals surface area contributed by atoms with E-state index >= 15 is 0 Å². The molecule has 64 valence electrons. The van der Waals surface area contributed by atoms with Crippen LogP contribution in [0.25, 0.3) is 0 Å². The third kappa shape index (κ3) is 2.19. The number of carbonyl (C=O) groups is 2. The van der Waals surface area contributed by atoms with Crippen LogP contribution < -0.4 is 11.0 Å². The molecule has 0 saturated carbocycles. The second-order valence-electron chi connectivity index (χ2n) is 1.46. The Bertz CT molecular complexity index is 164. The van der Waals surface area contributed by atoms with Crippen molar-refractivity contribution in [3.63, 3.8) is 0 Å². The smallest absolute Gasteiger partial charge is 0.289 e. The molecule has 6 nitrogen and oxygen atoms in total. The molecule has 0 bridgehead atoms. The average molecular weight is 203 g/mol. The molecule has 2 amide bonds. The van der Waals surface area contributed by atoms with Gasteiger partial charge in [0.2, 0.25) is 0 Å². The van der Waals surface area contributed by atoms with Crippen LogP contribution in [0.3, 0.4) is 0 Å². The molecule has 0 rings (SSSR count). The van der Waals surface area contributed by atoms with Gasteiger partial charge in [-0.15, -0.1) is 0 Å². The lowest BCUT2D eigenvalue weighted by Crippen LogP contribution is -2.48. The van der Waals surface area contributed by atoms with Crippen LogP contribution in [0.5, 0.6) is 0 Å². The van der Waals surface area contributed by atoms with Crippen LogP contribution in [-0.4, -0.2) is 26.6 Å². The molecular formula is C3H4Cl2N2O4. The van der Waals surface area contributed by atoms with E-state index in [9.17, 15) is 9.59 Å². The summed E-state index contributed by atoms with van der Waals surface area (Å²) >= 11 is 10.1. The molecular weight excluding hydrogens is 199 g/mol. The van der Waals surface area contributed by atoms with Gasteiger partial charge in [-0.1, -0.05) is 23.2 Å². The number of hydrogen-bond acceptors (Lipinski definition) is 4. The Balaban J connectivity index is 4.44. The number of hydroxylamine groups is 2. The van der Waals surface area contributed by atoms with Crippen LogP contribution in [-0.2, 0) is 9.59 Å². The Kier molecular flexibility index (Phi) is 3.53. The molecule has 4 N–H and O–H groups in total. The molecule has 11 heavy (non-hydrogen) atoms. The van der Waals surface area contributed by atoms with Gasteiger partial charge in [0.25, 0.3) is 16.1 Å². The van der Waals surface area contributed by atoms with E-state index in [0.717, 1.165) is 11.0 Å². The van der Waals surface area contributed by atoms with Crippen molar-refractivity contribution in [1.29, 1.82) is 0 Å². The molecule has 0 atom stereocenters. The van der Waals surface area contributed by atoms with Gasteiger partial charge in [0, 0.05) is 0 Å². The van der Waals surface area contributed by atoms with Crippen LogP contribution in [0.4, 0.5) is 0 Å². The summed E-state index contributed by atoms with van der Waals surface area (Å²) in [5.41, 5.74) is 2.09. The fraction of sp³-hybridized carbons (Fsp3) is 0.333. The number of halogens is 2. The maximum Gasteiger partial charge on any atom is 0.289 e. The van der Waals surface area contributed by atoms with E-state index in [1.54, 1.807) is 0 Å². The number of amides is 2. The second-order valence-corrected chi connectivity index (χ2v) is 2.78. The first-order valence-electron chi connectivity index (χ1n) is 2.23. The molecule has 8 heteroatoms. The Morgan fingerprint density at radius 1 is 1.09 bits per heavy atom. The fourth-order valence-electron chi connectivity index (χ4n) is 0.244. The van der Waals surface area contributed by atoms with Crippen molar-refractivity contribution in [2.75, 3.05) is 0 Å². The quantitative estimate of drug-likeness (QED) is 0.204. The standard InChI is InChI=1S/C3H4Cl2N2O4/c4-3(5,1(8)6-10)2(9)7-11/h10-11H,(H,6,8)(H,7,9). The molecule has 0 fully saturated rings. The molecule has 0 aromatic heterocycles.